The summed E-state index contributed by atoms with van der Waals surface area (Å²) in [4.78, 5) is 0. The average Bonchev–Trinajstić information content (AvgIpc) is 2.25. The minimum absolute atomic E-state index is 0.639. The molecule has 0 atom stereocenters. The Labute approximate surface area is 94.0 Å². The summed E-state index contributed by atoms with van der Waals surface area (Å²) in [5.74, 6) is 0.639. The molecule has 15 heavy (non-hydrogen) atoms. The van der Waals surface area contributed by atoms with Gasteiger partial charge in [0.25, 0.3) is 0 Å². The van der Waals surface area contributed by atoms with Crippen LogP contribution in [0.4, 0.5) is 0 Å². The number of benzene rings is 1. The molecular weight excluding hydrogens is 180 g/mol. The van der Waals surface area contributed by atoms with Crippen molar-refractivity contribution in [1.29, 1.82) is 0 Å². The maximum Gasteiger partial charge on any atom is -0.0219 e. The van der Waals surface area contributed by atoms with Gasteiger partial charge in [-0.15, -0.1) is 6.58 Å². The van der Waals surface area contributed by atoms with Crippen LogP contribution >= 0.6 is 0 Å². The molecule has 0 bridgehead atoms. The molecule has 0 saturated carbocycles. The molecule has 0 aliphatic heterocycles. The predicted octanol–water partition coefficient (Wildman–Crippen LogP) is 4.71. The monoisotopic (exact) mass is 202 g/mol. The van der Waals surface area contributed by atoms with Crippen molar-refractivity contribution < 1.29 is 0 Å². The lowest BCUT2D eigenvalue weighted by atomic mass is 10.00. The molecule has 0 radical (unpaired) electrons. The van der Waals surface area contributed by atoms with E-state index < -0.39 is 0 Å². The number of aryl methyl sites for hydroxylation is 1. The summed E-state index contributed by atoms with van der Waals surface area (Å²) >= 11 is 0. The molecule has 1 aromatic rings. The Bertz CT molecular complexity index is 279. The third kappa shape index (κ3) is 4.33. The van der Waals surface area contributed by atoms with Gasteiger partial charge in [-0.2, -0.15) is 0 Å². The molecule has 0 unspecified atom stereocenters. The maximum absolute atomic E-state index is 3.74. The van der Waals surface area contributed by atoms with Crippen LogP contribution in [0, 0.1) is 0 Å². The van der Waals surface area contributed by atoms with Crippen molar-refractivity contribution in [1.82, 2.24) is 0 Å². The molecule has 0 aliphatic carbocycles. The van der Waals surface area contributed by atoms with Crippen LogP contribution in [-0.2, 0) is 6.42 Å². The van der Waals surface area contributed by atoms with Crippen LogP contribution in [0.25, 0.3) is 0 Å². The summed E-state index contributed by atoms with van der Waals surface area (Å²) in [5, 5.41) is 0. The normalized spacial score (nSPS) is 10.6. The summed E-state index contributed by atoms with van der Waals surface area (Å²) in [7, 11) is 0. The van der Waals surface area contributed by atoms with Gasteiger partial charge in [0.2, 0.25) is 0 Å². The van der Waals surface area contributed by atoms with E-state index in [1.807, 2.05) is 6.08 Å². The van der Waals surface area contributed by atoms with Crippen molar-refractivity contribution >= 4 is 0 Å². The molecule has 0 amide bonds. The van der Waals surface area contributed by atoms with Crippen LogP contribution in [-0.4, -0.2) is 0 Å². The van der Waals surface area contributed by atoms with Gasteiger partial charge >= 0.3 is 0 Å². The van der Waals surface area contributed by atoms with Gasteiger partial charge < -0.3 is 0 Å². The number of unbranched alkanes of at least 4 members (excludes halogenated alkanes) is 2. The molecule has 1 aromatic carbocycles. The van der Waals surface area contributed by atoms with Gasteiger partial charge in [-0.25, -0.2) is 0 Å². The minimum Gasteiger partial charge on any atom is -0.103 e. The lowest BCUT2D eigenvalue weighted by Crippen LogP contribution is -1.89. The van der Waals surface area contributed by atoms with E-state index in [1.54, 1.807) is 0 Å². The topological polar surface area (TPSA) is 0 Å². The fraction of sp³-hybridized carbons (Fsp3) is 0.467. The Balaban J connectivity index is 2.39. The Kier molecular flexibility index (Phi) is 5.17. The Morgan fingerprint density at radius 3 is 2.33 bits per heavy atom. The summed E-state index contributed by atoms with van der Waals surface area (Å²) in [5.41, 5.74) is 2.90. The molecule has 0 aliphatic rings. The summed E-state index contributed by atoms with van der Waals surface area (Å²) < 4.78 is 0. The molecular formula is C15H22. The van der Waals surface area contributed by atoms with Crippen molar-refractivity contribution in [2.24, 2.45) is 0 Å². The van der Waals surface area contributed by atoms with E-state index in [0.29, 0.717) is 5.92 Å². The molecule has 0 aromatic heterocycles. The second-order valence-electron chi connectivity index (χ2n) is 4.43. The number of allylic oxidation sites excluding steroid dienone is 1. The second-order valence-corrected chi connectivity index (χ2v) is 4.43. The number of hydrogen-bond acceptors (Lipinski definition) is 0. The van der Waals surface area contributed by atoms with Crippen LogP contribution in [0.2, 0.25) is 0 Å². The third-order valence-electron chi connectivity index (χ3n) is 2.77. The molecule has 0 heteroatoms. The lowest BCUT2D eigenvalue weighted by molar-refractivity contribution is 0.747. The fourth-order valence-corrected chi connectivity index (χ4v) is 1.69. The summed E-state index contributed by atoms with van der Waals surface area (Å²) in [6, 6.07) is 9.05. The zero-order valence-electron chi connectivity index (χ0n) is 10.00. The van der Waals surface area contributed by atoms with Crippen molar-refractivity contribution in [3.63, 3.8) is 0 Å². The minimum atomic E-state index is 0.639. The van der Waals surface area contributed by atoms with E-state index in [2.05, 4.69) is 44.7 Å². The predicted molar refractivity (Wildman–Crippen MR) is 68.3 cm³/mol. The summed E-state index contributed by atoms with van der Waals surface area (Å²) in [6.45, 7) is 8.21. The second kappa shape index (κ2) is 6.44. The molecule has 82 valence electrons. The van der Waals surface area contributed by atoms with E-state index in [1.165, 1.54) is 30.4 Å². The van der Waals surface area contributed by atoms with Gasteiger partial charge in [0.05, 0.1) is 0 Å². The van der Waals surface area contributed by atoms with Crippen molar-refractivity contribution in [3.8, 4) is 0 Å². The van der Waals surface area contributed by atoms with Gasteiger partial charge in [0, 0.05) is 0 Å². The standard InChI is InChI=1S/C15H22/c1-4-5-6-7-8-14-9-11-15(12-10-14)13(2)3/h4,9-13H,1,5-8H2,2-3H3. The Morgan fingerprint density at radius 1 is 1.13 bits per heavy atom. The fourth-order valence-electron chi connectivity index (χ4n) is 1.69. The van der Waals surface area contributed by atoms with E-state index in [4.69, 9.17) is 0 Å². The summed E-state index contributed by atoms with van der Waals surface area (Å²) in [6.07, 6.45) is 6.88. The number of hydrogen-bond donors (Lipinski definition) is 0. The van der Waals surface area contributed by atoms with Gasteiger partial charge in [-0.3, -0.25) is 0 Å². The molecule has 0 saturated heterocycles. The molecule has 1 rings (SSSR count). The first-order valence-electron chi connectivity index (χ1n) is 5.93. The van der Waals surface area contributed by atoms with Crippen LogP contribution in [0.1, 0.15) is 50.2 Å². The van der Waals surface area contributed by atoms with Gasteiger partial charge in [-0.1, -0.05) is 44.2 Å². The van der Waals surface area contributed by atoms with E-state index >= 15 is 0 Å². The molecule has 0 heterocycles. The van der Waals surface area contributed by atoms with Gasteiger partial charge in [0.1, 0.15) is 0 Å². The smallest absolute Gasteiger partial charge is 0.0219 e. The molecule has 0 spiro atoms. The van der Waals surface area contributed by atoms with Gasteiger partial charge in [-0.05, 0) is 42.7 Å². The first kappa shape index (κ1) is 12.0. The quantitative estimate of drug-likeness (QED) is 0.463. The van der Waals surface area contributed by atoms with E-state index in [9.17, 15) is 0 Å². The highest BCUT2D eigenvalue weighted by Crippen LogP contribution is 2.15. The highest BCUT2D eigenvalue weighted by molar-refractivity contribution is 5.24. The van der Waals surface area contributed by atoms with Crippen molar-refractivity contribution in [2.75, 3.05) is 0 Å². The number of rotatable bonds is 6. The zero-order chi connectivity index (χ0) is 11.1. The highest BCUT2D eigenvalue weighted by atomic mass is 14.0. The molecule has 0 N–H and O–H groups in total. The van der Waals surface area contributed by atoms with Crippen LogP contribution in [0.5, 0.6) is 0 Å². The lowest BCUT2D eigenvalue weighted by Gasteiger charge is -2.06. The molecule has 0 nitrogen and oxygen atoms in total. The van der Waals surface area contributed by atoms with Crippen molar-refractivity contribution in [3.05, 3.63) is 48.0 Å². The molecule has 0 fully saturated rings. The third-order valence-corrected chi connectivity index (χ3v) is 2.77. The highest BCUT2D eigenvalue weighted by Gasteiger charge is 1.98. The zero-order valence-corrected chi connectivity index (χ0v) is 10.00. The van der Waals surface area contributed by atoms with Crippen molar-refractivity contribution in [2.45, 2.75) is 45.4 Å². The van der Waals surface area contributed by atoms with E-state index in [-0.39, 0.29) is 0 Å². The first-order valence-corrected chi connectivity index (χ1v) is 5.93. The van der Waals surface area contributed by atoms with Crippen LogP contribution < -0.4 is 0 Å². The van der Waals surface area contributed by atoms with Gasteiger partial charge in [0.15, 0.2) is 0 Å². The van der Waals surface area contributed by atoms with Crippen LogP contribution in [0.15, 0.2) is 36.9 Å². The van der Waals surface area contributed by atoms with E-state index in [0.717, 1.165) is 6.42 Å². The SMILES string of the molecule is C=CCCCCc1ccc(C(C)C)cc1. The first-order chi connectivity index (χ1) is 7.24. The maximum atomic E-state index is 3.74. The Morgan fingerprint density at radius 2 is 1.80 bits per heavy atom. The average molecular weight is 202 g/mol. The van der Waals surface area contributed by atoms with Crippen LogP contribution in [0.3, 0.4) is 0 Å². The Hall–Kier alpha value is -1.04. The largest absolute Gasteiger partial charge is 0.103 e.